The molecule has 0 N–H and O–H groups in total. The molecule has 0 aliphatic carbocycles. The first kappa shape index (κ1) is 21.9. The summed E-state index contributed by atoms with van der Waals surface area (Å²) < 4.78 is 0. The molecule has 1 aromatic carbocycles. The lowest BCUT2D eigenvalue weighted by molar-refractivity contribution is -0.119. The van der Waals surface area contributed by atoms with E-state index < -0.39 is 0 Å². The number of ketones is 1. The van der Waals surface area contributed by atoms with Crippen molar-refractivity contribution in [1.29, 1.82) is 0 Å². The lowest BCUT2D eigenvalue weighted by atomic mass is 10.0. The van der Waals surface area contributed by atoms with Crippen LogP contribution in [0.15, 0.2) is 30.3 Å². The highest BCUT2D eigenvalue weighted by Crippen LogP contribution is 2.13. The highest BCUT2D eigenvalue weighted by Gasteiger charge is 2.02. The molecule has 0 aliphatic rings. The summed E-state index contributed by atoms with van der Waals surface area (Å²) in [5.74, 6) is 0.437. The van der Waals surface area contributed by atoms with Crippen LogP contribution < -0.4 is 0 Å². The molecule has 0 unspecified atom stereocenters. The molecule has 0 amide bonds. The molecular weight excluding hydrogens is 304 g/mol. The van der Waals surface area contributed by atoms with Gasteiger partial charge in [-0.25, -0.2) is 0 Å². The summed E-state index contributed by atoms with van der Waals surface area (Å²) in [5, 5.41) is 0. The van der Waals surface area contributed by atoms with Crippen molar-refractivity contribution in [3.63, 3.8) is 0 Å². The zero-order valence-electron chi connectivity index (χ0n) is 16.6. The maximum absolute atomic E-state index is 11.9. The molecular formula is C24H40O. The number of hydrogen-bond donors (Lipinski definition) is 0. The van der Waals surface area contributed by atoms with E-state index in [0.717, 1.165) is 19.3 Å². The van der Waals surface area contributed by atoms with Gasteiger partial charge in [0.25, 0.3) is 0 Å². The van der Waals surface area contributed by atoms with Gasteiger partial charge in [-0.15, -0.1) is 0 Å². The second-order valence-electron chi connectivity index (χ2n) is 7.52. The van der Waals surface area contributed by atoms with Crippen molar-refractivity contribution in [2.24, 2.45) is 0 Å². The molecule has 1 rings (SSSR count). The van der Waals surface area contributed by atoms with Crippen LogP contribution in [0.4, 0.5) is 0 Å². The van der Waals surface area contributed by atoms with Gasteiger partial charge in [-0.3, -0.25) is 4.79 Å². The van der Waals surface area contributed by atoms with Crippen LogP contribution in [-0.4, -0.2) is 5.78 Å². The molecule has 0 radical (unpaired) electrons. The second kappa shape index (κ2) is 16.4. The minimum atomic E-state index is 0.437. The summed E-state index contributed by atoms with van der Waals surface area (Å²) in [6.07, 6.45) is 20.1. The Bertz CT molecular complexity index is 409. The maximum atomic E-state index is 11.9. The molecule has 25 heavy (non-hydrogen) atoms. The van der Waals surface area contributed by atoms with Crippen molar-refractivity contribution >= 4 is 5.78 Å². The Labute approximate surface area is 156 Å². The average Bonchev–Trinajstić information content (AvgIpc) is 2.64. The van der Waals surface area contributed by atoms with Crippen LogP contribution in [0.3, 0.4) is 0 Å². The van der Waals surface area contributed by atoms with Crippen LogP contribution in [0.1, 0.15) is 109 Å². The SMILES string of the molecule is CCCCCCCCCCCCCCCC(=O)CCc1ccccc1. The monoisotopic (exact) mass is 344 g/mol. The van der Waals surface area contributed by atoms with Crippen LogP contribution in [-0.2, 0) is 11.2 Å². The molecule has 0 saturated carbocycles. The normalized spacial score (nSPS) is 10.9. The Morgan fingerprint density at radius 1 is 0.640 bits per heavy atom. The third kappa shape index (κ3) is 13.8. The summed E-state index contributed by atoms with van der Waals surface area (Å²) in [5.41, 5.74) is 1.28. The van der Waals surface area contributed by atoms with Gasteiger partial charge in [-0.2, -0.15) is 0 Å². The van der Waals surface area contributed by atoms with Gasteiger partial charge in [0.1, 0.15) is 5.78 Å². The molecule has 0 saturated heterocycles. The van der Waals surface area contributed by atoms with E-state index in [0.29, 0.717) is 12.2 Å². The number of unbranched alkanes of at least 4 members (excludes halogenated alkanes) is 12. The van der Waals surface area contributed by atoms with E-state index in [9.17, 15) is 4.79 Å². The minimum absolute atomic E-state index is 0.437. The molecule has 0 bridgehead atoms. The Kier molecular flexibility index (Phi) is 14.4. The standard InChI is InChI=1S/C24H40O/c1-2-3-4-5-6-7-8-9-10-11-12-13-17-20-24(25)22-21-23-18-15-14-16-19-23/h14-16,18-19H,2-13,17,20-22H2,1H3. The van der Waals surface area contributed by atoms with Gasteiger partial charge in [-0.1, -0.05) is 114 Å². The molecule has 0 aromatic heterocycles. The lowest BCUT2D eigenvalue weighted by Crippen LogP contribution is -2.00. The lowest BCUT2D eigenvalue weighted by Gasteiger charge is -2.04. The van der Waals surface area contributed by atoms with Crippen molar-refractivity contribution < 1.29 is 4.79 Å². The number of rotatable bonds is 17. The predicted molar refractivity (Wildman–Crippen MR) is 110 cm³/mol. The van der Waals surface area contributed by atoms with Crippen molar-refractivity contribution in [2.45, 2.75) is 110 Å². The van der Waals surface area contributed by atoms with Crippen molar-refractivity contribution in [2.75, 3.05) is 0 Å². The van der Waals surface area contributed by atoms with Crippen LogP contribution in [0, 0.1) is 0 Å². The van der Waals surface area contributed by atoms with E-state index in [2.05, 4.69) is 19.1 Å². The minimum Gasteiger partial charge on any atom is -0.300 e. The van der Waals surface area contributed by atoms with Crippen LogP contribution in [0.25, 0.3) is 0 Å². The number of aryl methyl sites for hydroxylation is 1. The fourth-order valence-corrected chi connectivity index (χ4v) is 3.39. The zero-order valence-corrected chi connectivity index (χ0v) is 16.6. The molecule has 1 nitrogen and oxygen atoms in total. The van der Waals surface area contributed by atoms with E-state index in [4.69, 9.17) is 0 Å². The number of benzene rings is 1. The van der Waals surface area contributed by atoms with E-state index in [1.807, 2.05) is 18.2 Å². The summed E-state index contributed by atoms with van der Waals surface area (Å²) >= 11 is 0. The van der Waals surface area contributed by atoms with E-state index in [1.165, 1.54) is 82.6 Å². The molecule has 0 atom stereocenters. The van der Waals surface area contributed by atoms with Gasteiger partial charge in [0, 0.05) is 12.8 Å². The molecule has 0 heterocycles. The first-order valence-corrected chi connectivity index (χ1v) is 10.9. The van der Waals surface area contributed by atoms with Gasteiger partial charge < -0.3 is 0 Å². The van der Waals surface area contributed by atoms with Gasteiger partial charge >= 0.3 is 0 Å². The molecule has 142 valence electrons. The highest BCUT2D eigenvalue weighted by atomic mass is 16.1. The van der Waals surface area contributed by atoms with Gasteiger partial charge in [-0.05, 0) is 18.4 Å². The van der Waals surface area contributed by atoms with Crippen molar-refractivity contribution in [3.05, 3.63) is 35.9 Å². The number of hydrogen-bond acceptors (Lipinski definition) is 1. The molecule has 0 aliphatic heterocycles. The Hall–Kier alpha value is -1.11. The second-order valence-corrected chi connectivity index (χ2v) is 7.52. The third-order valence-electron chi connectivity index (χ3n) is 5.09. The summed E-state index contributed by atoms with van der Waals surface area (Å²) in [7, 11) is 0. The zero-order chi connectivity index (χ0) is 18.0. The predicted octanol–water partition coefficient (Wildman–Crippen LogP) is 7.67. The van der Waals surface area contributed by atoms with Gasteiger partial charge in [0.05, 0.1) is 0 Å². The van der Waals surface area contributed by atoms with Crippen LogP contribution in [0.2, 0.25) is 0 Å². The fourth-order valence-electron chi connectivity index (χ4n) is 3.39. The van der Waals surface area contributed by atoms with E-state index in [1.54, 1.807) is 0 Å². The van der Waals surface area contributed by atoms with E-state index in [-0.39, 0.29) is 0 Å². The Balaban J connectivity index is 1.80. The highest BCUT2D eigenvalue weighted by molar-refractivity contribution is 5.78. The smallest absolute Gasteiger partial charge is 0.133 e. The third-order valence-corrected chi connectivity index (χ3v) is 5.09. The number of Topliss-reactive ketones (excluding diaryl/α,β-unsaturated/α-hetero) is 1. The van der Waals surface area contributed by atoms with E-state index >= 15 is 0 Å². The summed E-state index contributed by atoms with van der Waals surface area (Å²) in [4.78, 5) is 11.9. The molecule has 0 fully saturated rings. The van der Waals surface area contributed by atoms with Gasteiger partial charge in [0.15, 0.2) is 0 Å². The Morgan fingerprint density at radius 3 is 1.64 bits per heavy atom. The van der Waals surface area contributed by atoms with Crippen LogP contribution in [0.5, 0.6) is 0 Å². The van der Waals surface area contributed by atoms with Gasteiger partial charge in [0.2, 0.25) is 0 Å². The number of carbonyl (C=O) groups is 1. The molecule has 0 spiro atoms. The fraction of sp³-hybridized carbons (Fsp3) is 0.708. The summed E-state index contributed by atoms with van der Waals surface area (Å²) in [6.45, 7) is 2.28. The topological polar surface area (TPSA) is 17.1 Å². The largest absolute Gasteiger partial charge is 0.300 e. The molecule has 1 aromatic rings. The first-order valence-electron chi connectivity index (χ1n) is 10.9. The average molecular weight is 345 g/mol. The summed E-state index contributed by atoms with van der Waals surface area (Å²) in [6, 6.07) is 10.3. The van der Waals surface area contributed by atoms with Crippen molar-refractivity contribution in [3.8, 4) is 0 Å². The number of carbonyl (C=O) groups excluding carboxylic acids is 1. The first-order chi connectivity index (χ1) is 12.3. The maximum Gasteiger partial charge on any atom is 0.133 e. The molecule has 1 heteroatoms. The quantitative estimate of drug-likeness (QED) is 0.265. The Morgan fingerprint density at radius 2 is 1.12 bits per heavy atom. The van der Waals surface area contributed by atoms with Crippen molar-refractivity contribution in [1.82, 2.24) is 0 Å². The van der Waals surface area contributed by atoms with Crippen LogP contribution >= 0.6 is 0 Å².